The largest absolute Gasteiger partial charge is 0.0727 e. The van der Waals surface area contributed by atoms with E-state index < -0.39 is 0 Å². The summed E-state index contributed by atoms with van der Waals surface area (Å²) in [5, 5.41) is 0. The molecule has 0 heteroatoms. The lowest BCUT2D eigenvalue weighted by molar-refractivity contribution is 0.715. The van der Waals surface area contributed by atoms with Crippen molar-refractivity contribution < 1.29 is 0 Å². The lowest BCUT2D eigenvalue weighted by atomic mass is 10.1. The highest BCUT2D eigenvalue weighted by atomic mass is 14.0. The van der Waals surface area contributed by atoms with Crippen LogP contribution in [0.4, 0.5) is 0 Å². The first-order valence-electron chi connectivity index (χ1n) is 5.55. The predicted molar refractivity (Wildman–Crippen MR) is 64.2 cm³/mol. The van der Waals surface area contributed by atoms with Gasteiger partial charge in [-0.3, -0.25) is 0 Å². The van der Waals surface area contributed by atoms with Crippen LogP contribution >= 0.6 is 0 Å². The maximum atomic E-state index is 2.29. The minimum atomic E-state index is 1.24. The van der Waals surface area contributed by atoms with E-state index in [9.17, 15) is 0 Å². The monoisotopic (exact) mass is 188 g/mol. The summed E-state index contributed by atoms with van der Waals surface area (Å²) in [5.41, 5.74) is 2.81. The highest BCUT2D eigenvalue weighted by Gasteiger charge is 1.91. The summed E-state index contributed by atoms with van der Waals surface area (Å²) in [4.78, 5) is 0. The van der Waals surface area contributed by atoms with Crippen molar-refractivity contribution in [3.05, 3.63) is 41.5 Å². The van der Waals surface area contributed by atoms with Crippen molar-refractivity contribution in [3.63, 3.8) is 0 Å². The molecular formula is C14H20. The average molecular weight is 188 g/mol. The lowest BCUT2D eigenvalue weighted by Gasteiger charge is -2.00. The Kier molecular flexibility index (Phi) is 5.06. The molecule has 0 N–H and O–H groups in total. The average Bonchev–Trinajstić information content (AvgIpc) is 2.20. The zero-order valence-corrected chi connectivity index (χ0v) is 9.29. The summed E-state index contributed by atoms with van der Waals surface area (Å²) in [7, 11) is 0. The van der Waals surface area contributed by atoms with E-state index in [1.807, 2.05) is 0 Å². The summed E-state index contributed by atoms with van der Waals surface area (Å²) in [5.74, 6) is 0. The predicted octanol–water partition coefficient (Wildman–Crippen LogP) is 4.67. The van der Waals surface area contributed by atoms with E-state index in [4.69, 9.17) is 0 Å². The van der Waals surface area contributed by atoms with Crippen LogP contribution in [0.2, 0.25) is 0 Å². The first-order chi connectivity index (χ1) is 6.83. The second-order valence-corrected chi connectivity index (χ2v) is 3.86. The van der Waals surface area contributed by atoms with Gasteiger partial charge in [-0.25, -0.2) is 0 Å². The molecule has 0 aliphatic rings. The molecule has 0 aliphatic heterocycles. The van der Waals surface area contributed by atoms with Crippen LogP contribution < -0.4 is 0 Å². The normalized spacial score (nSPS) is 11.7. The first kappa shape index (κ1) is 11.0. The molecule has 0 heterocycles. The minimum absolute atomic E-state index is 1.24. The van der Waals surface area contributed by atoms with E-state index in [1.165, 1.54) is 36.8 Å². The van der Waals surface area contributed by atoms with Gasteiger partial charge in [0.25, 0.3) is 0 Å². The number of allylic oxidation sites excluding steroid dienone is 1. The van der Waals surface area contributed by atoms with Crippen LogP contribution in [-0.2, 0) is 0 Å². The van der Waals surface area contributed by atoms with Gasteiger partial charge in [0.2, 0.25) is 0 Å². The molecule has 0 atom stereocenters. The van der Waals surface area contributed by atoms with Gasteiger partial charge in [-0.2, -0.15) is 0 Å². The van der Waals surface area contributed by atoms with Gasteiger partial charge in [0, 0.05) is 0 Å². The first-order valence-corrected chi connectivity index (χ1v) is 5.55. The molecule has 0 saturated heterocycles. The van der Waals surface area contributed by atoms with Crippen LogP contribution in [0, 0.1) is 0 Å². The second-order valence-electron chi connectivity index (χ2n) is 3.86. The van der Waals surface area contributed by atoms with Gasteiger partial charge in [0.1, 0.15) is 0 Å². The van der Waals surface area contributed by atoms with E-state index in [1.54, 1.807) is 0 Å². The maximum absolute atomic E-state index is 2.29. The smallest absolute Gasteiger partial charge is 0.0257 e. The summed E-state index contributed by atoms with van der Waals surface area (Å²) < 4.78 is 0. The lowest BCUT2D eigenvalue weighted by Crippen LogP contribution is -1.79. The van der Waals surface area contributed by atoms with Gasteiger partial charge in [-0.05, 0) is 25.3 Å². The Labute approximate surface area is 87.7 Å². The molecule has 1 aromatic carbocycles. The molecule has 0 radical (unpaired) electrons. The molecule has 14 heavy (non-hydrogen) atoms. The molecule has 0 nitrogen and oxygen atoms in total. The van der Waals surface area contributed by atoms with Crippen molar-refractivity contribution in [1.29, 1.82) is 0 Å². The van der Waals surface area contributed by atoms with Crippen LogP contribution in [-0.4, -0.2) is 0 Å². The number of unbranched alkanes of at least 4 members (excludes halogenated alkanes) is 2. The molecule has 0 spiro atoms. The SMILES string of the molecule is CCCCC/C(C)=C/c1ccccc1. The molecule has 0 fully saturated rings. The summed E-state index contributed by atoms with van der Waals surface area (Å²) >= 11 is 0. The quantitative estimate of drug-likeness (QED) is 0.589. The van der Waals surface area contributed by atoms with Crippen LogP contribution in [0.15, 0.2) is 35.9 Å². The van der Waals surface area contributed by atoms with E-state index in [0.717, 1.165) is 0 Å². The van der Waals surface area contributed by atoms with E-state index in [-0.39, 0.29) is 0 Å². The standard InChI is InChI=1S/C14H20/c1-3-4-6-9-13(2)12-14-10-7-5-8-11-14/h5,7-8,10-12H,3-4,6,9H2,1-2H3/b13-12+. The number of hydrogen-bond acceptors (Lipinski definition) is 0. The van der Waals surface area contributed by atoms with Crippen molar-refractivity contribution >= 4 is 6.08 Å². The Bertz CT molecular complexity index is 269. The Hall–Kier alpha value is -1.04. The van der Waals surface area contributed by atoms with Gasteiger partial charge in [0.05, 0.1) is 0 Å². The van der Waals surface area contributed by atoms with Crippen LogP contribution in [0.1, 0.15) is 45.1 Å². The molecule has 0 aliphatic carbocycles. The highest BCUT2D eigenvalue weighted by molar-refractivity contribution is 5.51. The fourth-order valence-electron chi connectivity index (χ4n) is 1.56. The molecule has 0 amide bonds. The molecule has 1 rings (SSSR count). The zero-order valence-electron chi connectivity index (χ0n) is 9.29. The zero-order chi connectivity index (χ0) is 10.2. The summed E-state index contributed by atoms with van der Waals surface area (Å²) in [6, 6.07) is 10.5. The molecule has 0 bridgehead atoms. The Morgan fingerprint density at radius 2 is 1.86 bits per heavy atom. The van der Waals surface area contributed by atoms with Crippen LogP contribution in [0.3, 0.4) is 0 Å². The fourth-order valence-corrected chi connectivity index (χ4v) is 1.56. The van der Waals surface area contributed by atoms with Crippen LogP contribution in [0.25, 0.3) is 6.08 Å². The summed E-state index contributed by atoms with van der Waals surface area (Å²) in [6.45, 7) is 4.47. The van der Waals surface area contributed by atoms with Gasteiger partial charge in [-0.15, -0.1) is 0 Å². The molecular weight excluding hydrogens is 168 g/mol. The molecule has 0 unspecified atom stereocenters. The minimum Gasteiger partial charge on any atom is -0.0727 e. The number of hydrogen-bond donors (Lipinski definition) is 0. The highest BCUT2D eigenvalue weighted by Crippen LogP contribution is 2.12. The van der Waals surface area contributed by atoms with Gasteiger partial charge >= 0.3 is 0 Å². The number of rotatable bonds is 5. The molecule has 1 aromatic rings. The van der Waals surface area contributed by atoms with Crippen molar-refractivity contribution in [2.24, 2.45) is 0 Å². The van der Waals surface area contributed by atoms with E-state index in [0.29, 0.717) is 0 Å². The van der Waals surface area contributed by atoms with Crippen molar-refractivity contribution in [2.75, 3.05) is 0 Å². The van der Waals surface area contributed by atoms with E-state index >= 15 is 0 Å². The third kappa shape index (κ3) is 4.27. The molecule has 0 saturated carbocycles. The number of benzene rings is 1. The fraction of sp³-hybridized carbons (Fsp3) is 0.429. The van der Waals surface area contributed by atoms with Crippen LogP contribution in [0.5, 0.6) is 0 Å². The van der Waals surface area contributed by atoms with Crippen molar-refractivity contribution in [1.82, 2.24) is 0 Å². The third-order valence-electron chi connectivity index (χ3n) is 2.39. The maximum Gasteiger partial charge on any atom is -0.0257 e. The Balaban J connectivity index is 2.43. The van der Waals surface area contributed by atoms with Crippen molar-refractivity contribution in [3.8, 4) is 0 Å². The molecule has 0 aromatic heterocycles. The van der Waals surface area contributed by atoms with E-state index in [2.05, 4.69) is 50.3 Å². The van der Waals surface area contributed by atoms with Gasteiger partial charge in [0.15, 0.2) is 0 Å². The topological polar surface area (TPSA) is 0 Å². The third-order valence-corrected chi connectivity index (χ3v) is 2.39. The van der Waals surface area contributed by atoms with Gasteiger partial charge in [-0.1, -0.05) is 61.7 Å². The van der Waals surface area contributed by atoms with Gasteiger partial charge < -0.3 is 0 Å². The summed E-state index contributed by atoms with van der Waals surface area (Å²) in [6.07, 6.45) is 7.50. The second kappa shape index (κ2) is 6.42. The Morgan fingerprint density at radius 3 is 2.50 bits per heavy atom. The molecule has 76 valence electrons. The van der Waals surface area contributed by atoms with Crippen molar-refractivity contribution in [2.45, 2.75) is 39.5 Å². The Morgan fingerprint density at radius 1 is 1.14 bits per heavy atom.